The normalized spacial score (nSPS) is 26.4. The van der Waals surface area contributed by atoms with E-state index in [0.717, 1.165) is 28.7 Å². The number of rotatable bonds is 5. The Morgan fingerprint density at radius 3 is 2.65 bits per heavy atom. The Bertz CT molecular complexity index is 711. The molecular formula is C18H25NO3S. The van der Waals surface area contributed by atoms with Crippen LogP contribution in [0.5, 0.6) is 0 Å². The van der Waals surface area contributed by atoms with Gasteiger partial charge in [-0.1, -0.05) is 18.6 Å². The number of benzene rings is 1. The van der Waals surface area contributed by atoms with Crippen LogP contribution in [0.3, 0.4) is 0 Å². The largest absolute Gasteiger partial charge is 0.326 e. The van der Waals surface area contributed by atoms with Crippen molar-refractivity contribution in [2.75, 3.05) is 11.6 Å². The topological polar surface area (TPSA) is 63.2 Å². The summed E-state index contributed by atoms with van der Waals surface area (Å²) >= 11 is 0. The van der Waals surface area contributed by atoms with E-state index in [1.54, 1.807) is 6.07 Å². The Kier molecular flexibility index (Phi) is 4.50. The van der Waals surface area contributed by atoms with E-state index in [1.807, 2.05) is 19.1 Å². The first-order valence-corrected chi connectivity index (χ1v) is 10.4. The van der Waals surface area contributed by atoms with E-state index in [4.69, 9.17) is 0 Å². The maximum Gasteiger partial charge on any atom is 0.224 e. The Morgan fingerprint density at radius 2 is 2.04 bits per heavy atom. The van der Waals surface area contributed by atoms with Crippen molar-refractivity contribution in [3.05, 3.63) is 29.3 Å². The van der Waals surface area contributed by atoms with Gasteiger partial charge in [-0.15, -0.1) is 0 Å². The molecule has 2 aliphatic rings. The molecule has 2 saturated carbocycles. The SMILES string of the molecule is Cc1c(CS(C)(=O)=O)cccc1NC(=O)C[C@H]1C[C@H]2CC[C@H]1C2. The van der Waals surface area contributed by atoms with Gasteiger partial charge in [-0.05, 0) is 61.1 Å². The number of hydrogen-bond acceptors (Lipinski definition) is 3. The number of carbonyl (C=O) groups is 1. The van der Waals surface area contributed by atoms with Crippen LogP contribution < -0.4 is 5.32 Å². The van der Waals surface area contributed by atoms with E-state index in [9.17, 15) is 13.2 Å². The number of hydrogen-bond donors (Lipinski definition) is 1. The molecule has 4 nitrogen and oxygen atoms in total. The average molecular weight is 335 g/mol. The van der Waals surface area contributed by atoms with Crippen LogP contribution in [0.15, 0.2) is 18.2 Å². The highest BCUT2D eigenvalue weighted by atomic mass is 32.2. The second kappa shape index (κ2) is 6.27. The molecule has 23 heavy (non-hydrogen) atoms. The summed E-state index contributed by atoms with van der Waals surface area (Å²) in [5.41, 5.74) is 2.34. The van der Waals surface area contributed by atoms with Gasteiger partial charge in [0, 0.05) is 18.4 Å². The lowest BCUT2D eigenvalue weighted by Gasteiger charge is -2.21. The number of fused-ring (bicyclic) bond motifs is 2. The van der Waals surface area contributed by atoms with Gasteiger partial charge in [-0.25, -0.2) is 8.42 Å². The zero-order chi connectivity index (χ0) is 16.6. The molecule has 0 heterocycles. The van der Waals surface area contributed by atoms with Crippen molar-refractivity contribution in [1.82, 2.24) is 0 Å². The van der Waals surface area contributed by atoms with E-state index in [2.05, 4.69) is 5.32 Å². The molecule has 1 N–H and O–H groups in total. The molecule has 126 valence electrons. The Morgan fingerprint density at radius 1 is 1.26 bits per heavy atom. The Balaban J connectivity index is 1.65. The molecule has 2 fully saturated rings. The van der Waals surface area contributed by atoms with Gasteiger partial charge in [0.1, 0.15) is 0 Å². The number of carbonyl (C=O) groups excluding carboxylic acids is 1. The summed E-state index contributed by atoms with van der Waals surface area (Å²) in [6, 6.07) is 5.46. The molecule has 2 bridgehead atoms. The summed E-state index contributed by atoms with van der Waals surface area (Å²) < 4.78 is 23.0. The second-order valence-electron chi connectivity index (χ2n) is 7.35. The number of anilines is 1. The number of amides is 1. The molecule has 0 aromatic heterocycles. The van der Waals surface area contributed by atoms with Gasteiger partial charge < -0.3 is 5.32 Å². The fourth-order valence-electron chi connectivity index (χ4n) is 4.32. The maximum atomic E-state index is 12.4. The summed E-state index contributed by atoms with van der Waals surface area (Å²) in [4.78, 5) is 12.4. The number of sulfone groups is 1. The zero-order valence-corrected chi connectivity index (χ0v) is 14.7. The van der Waals surface area contributed by atoms with Crippen molar-refractivity contribution in [3.63, 3.8) is 0 Å². The highest BCUT2D eigenvalue weighted by Crippen LogP contribution is 2.49. The van der Waals surface area contributed by atoms with E-state index < -0.39 is 9.84 Å². The van der Waals surface area contributed by atoms with Crippen molar-refractivity contribution < 1.29 is 13.2 Å². The lowest BCUT2D eigenvalue weighted by atomic mass is 9.86. The summed E-state index contributed by atoms with van der Waals surface area (Å²) in [7, 11) is -3.08. The fourth-order valence-corrected chi connectivity index (χ4v) is 5.20. The van der Waals surface area contributed by atoms with E-state index >= 15 is 0 Å². The predicted octanol–water partition coefficient (Wildman–Crippen LogP) is 3.30. The molecule has 3 atom stereocenters. The lowest BCUT2D eigenvalue weighted by molar-refractivity contribution is -0.117. The van der Waals surface area contributed by atoms with Crippen molar-refractivity contribution >= 4 is 21.4 Å². The smallest absolute Gasteiger partial charge is 0.224 e. The molecule has 0 radical (unpaired) electrons. The van der Waals surface area contributed by atoms with Crippen molar-refractivity contribution in [3.8, 4) is 0 Å². The van der Waals surface area contributed by atoms with Gasteiger partial charge in [0.2, 0.25) is 5.91 Å². The summed E-state index contributed by atoms with van der Waals surface area (Å²) in [6.07, 6.45) is 6.96. The second-order valence-corrected chi connectivity index (χ2v) is 9.49. The minimum Gasteiger partial charge on any atom is -0.326 e. The highest BCUT2D eigenvalue weighted by Gasteiger charge is 2.40. The van der Waals surface area contributed by atoms with Gasteiger partial charge in [-0.2, -0.15) is 0 Å². The van der Waals surface area contributed by atoms with Crippen LogP contribution >= 0.6 is 0 Å². The van der Waals surface area contributed by atoms with Crippen LogP contribution in [0, 0.1) is 24.7 Å². The van der Waals surface area contributed by atoms with Crippen molar-refractivity contribution in [2.24, 2.45) is 17.8 Å². The third-order valence-corrected chi connectivity index (χ3v) is 6.31. The molecule has 1 aromatic carbocycles. The van der Waals surface area contributed by atoms with Gasteiger partial charge >= 0.3 is 0 Å². The number of nitrogens with one attached hydrogen (secondary N) is 1. The Labute approximate surface area is 138 Å². The van der Waals surface area contributed by atoms with Gasteiger partial charge in [-0.3, -0.25) is 4.79 Å². The van der Waals surface area contributed by atoms with Crippen molar-refractivity contribution in [1.29, 1.82) is 0 Å². The van der Waals surface area contributed by atoms with Crippen LogP contribution in [0.25, 0.3) is 0 Å². The monoisotopic (exact) mass is 335 g/mol. The minimum absolute atomic E-state index is 0.00885. The highest BCUT2D eigenvalue weighted by molar-refractivity contribution is 7.89. The summed E-state index contributed by atoms with van der Waals surface area (Å²) in [6.45, 7) is 1.87. The first kappa shape index (κ1) is 16.5. The van der Waals surface area contributed by atoms with Crippen LogP contribution in [0.1, 0.15) is 43.2 Å². The predicted molar refractivity (Wildman–Crippen MR) is 91.9 cm³/mol. The molecule has 0 unspecified atom stereocenters. The molecule has 0 aliphatic heterocycles. The molecule has 0 spiro atoms. The standard InChI is InChI=1S/C18H25NO3S/c1-12-15(11-23(2,21)22)4-3-5-17(12)19-18(20)10-16-9-13-6-7-14(16)8-13/h3-5,13-14,16H,6-11H2,1-2H3,(H,19,20)/t13-,14-,16+/m0/s1. The van der Waals surface area contributed by atoms with Crippen LogP contribution in [0.2, 0.25) is 0 Å². The van der Waals surface area contributed by atoms with Gasteiger partial charge in [0.05, 0.1) is 5.75 Å². The molecule has 3 rings (SSSR count). The van der Waals surface area contributed by atoms with Gasteiger partial charge in [0.15, 0.2) is 9.84 Å². The molecule has 1 aromatic rings. The van der Waals surface area contributed by atoms with Gasteiger partial charge in [0.25, 0.3) is 0 Å². The first-order chi connectivity index (χ1) is 10.8. The first-order valence-electron chi connectivity index (χ1n) is 8.38. The molecule has 5 heteroatoms. The van der Waals surface area contributed by atoms with Crippen LogP contribution in [-0.2, 0) is 20.4 Å². The van der Waals surface area contributed by atoms with Crippen LogP contribution in [-0.4, -0.2) is 20.6 Å². The third kappa shape index (κ3) is 3.94. The van der Waals surface area contributed by atoms with Crippen LogP contribution in [0.4, 0.5) is 5.69 Å². The summed E-state index contributed by atoms with van der Waals surface area (Å²) in [5.74, 6) is 2.19. The zero-order valence-electron chi connectivity index (χ0n) is 13.8. The molecule has 1 amide bonds. The lowest BCUT2D eigenvalue weighted by Crippen LogP contribution is -2.21. The van der Waals surface area contributed by atoms with E-state index in [-0.39, 0.29) is 11.7 Å². The average Bonchev–Trinajstić information content (AvgIpc) is 3.04. The summed E-state index contributed by atoms with van der Waals surface area (Å²) in [5, 5.41) is 2.99. The quantitative estimate of drug-likeness (QED) is 0.898. The minimum atomic E-state index is -3.08. The van der Waals surface area contributed by atoms with Crippen molar-refractivity contribution in [2.45, 2.75) is 44.8 Å². The van der Waals surface area contributed by atoms with E-state index in [1.165, 1.54) is 31.9 Å². The maximum absolute atomic E-state index is 12.4. The third-order valence-electron chi connectivity index (χ3n) is 5.47. The fraction of sp³-hybridized carbons (Fsp3) is 0.611. The molecule has 2 aliphatic carbocycles. The Hall–Kier alpha value is -1.36. The molecule has 0 saturated heterocycles. The molecular weight excluding hydrogens is 310 g/mol. The van der Waals surface area contributed by atoms with E-state index in [0.29, 0.717) is 12.3 Å².